The van der Waals surface area contributed by atoms with E-state index in [2.05, 4.69) is 86.6 Å². The van der Waals surface area contributed by atoms with E-state index < -0.39 is 0 Å². The van der Waals surface area contributed by atoms with Gasteiger partial charge in [0, 0.05) is 29.9 Å². The zero-order valence-electron chi connectivity index (χ0n) is 25.6. The first-order valence-corrected chi connectivity index (χ1v) is 18.3. The maximum absolute atomic E-state index is 2.48. The minimum absolute atomic E-state index is 1.19. The molecule has 0 aliphatic rings. The number of fused-ring (bicyclic) bond motifs is 6. The number of thiophene rings is 2. The van der Waals surface area contributed by atoms with Gasteiger partial charge in [0.15, 0.2) is 0 Å². The van der Waals surface area contributed by atoms with E-state index in [1.54, 1.807) is 0 Å². The highest BCUT2D eigenvalue weighted by Gasteiger charge is 2.13. The Kier molecular flexibility index (Phi) is 9.93. The third-order valence-corrected chi connectivity index (χ3v) is 11.4. The molecular formula is C40H46S2. The van der Waals surface area contributed by atoms with Crippen molar-refractivity contribution in [1.29, 1.82) is 0 Å². The molecule has 42 heavy (non-hydrogen) atoms. The largest absolute Gasteiger partial charge is 0.134 e. The molecule has 0 bridgehead atoms. The van der Waals surface area contributed by atoms with Gasteiger partial charge in [0.05, 0.1) is 0 Å². The minimum Gasteiger partial charge on any atom is -0.134 e. The number of unbranched alkanes of at least 4 members (excludes halogenated alkanes) is 10. The molecule has 2 heterocycles. The Morgan fingerprint density at radius 3 is 1.26 bits per heavy atom. The molecule has 0 radical (unpaired) electrons. The number of aryl methyl sites for hydroxylation is 2. The molecule has 2 heteroatoms. The first-order chi connectivity index (χ1) is 20.7. The fourth-order valence-electron chi connectivity index (χ4n) is 6.55. The van der Waals surface area contributed by atoms with Gasteiger partial charge in [-0.25, -0.2) is 0 Å². The predicted octanol–water partition coefficient (Wildman–Crippen LogP) is 13.9. The Bertz CT molecular complexity index is 1630. The number of benzene rings is 4. The van der Waals surface area contributed by atoms with Gasteiger partial charge in [-0.2, -0.15) is 0 Å². The summed E-state index contributed by atoms with van der Waals surface area (Å²) in [6.45, 7) is 4.59. The van der Waals surface area contributed by atoms with Crippen molar-refractivity contribution in [3.8, 4) is 9.75 Å². The molecule has 218 valence electrons. The topological polar surface area (TPSA) is 0 Å². The van der Waals surface area contributed by atoms with Crippen LogP contribution in [0.5, 0.6) is 0 Å². The Hall–Kier alpha value is -2.68. The molecule has 0 saturated heterocycles. The standard InChI is InChI=1S/C40H46S2/c1-3-5-7-9-11-13-15-29-17-19-31-21-23-37-35(33(31)25-29)27-39(41-37)40-28-36-34-26-30(16-14-12-10-8-6-4-2)18-20-32(34)22-24-38(36)42-40/h17-28H,3-16H2,1-2H3. The van der Waals surface area contributed by atoms with Gasteiger partial charge < -0.3 is 0 Å². The number of hydrogen-bond acceptors (Lipinski definition) is 2. The lowest BCUT2D eigenvalue weighted by Crippen LogP contribution is -1.87. The van der Waals surface area contributed by atoms with Crippen LogP contribution in [0.3, 0.4) is 0 Å². The molecule has 4 aromatic carbocycles. The second kappa shape index (κ2) is 14.2. The predicted molar refractivity (Wildman–Crippen MR) is 192 cm³/mol. The molecule has 0 spiro atoms. The van der Waals surface area contributed by atoms with Crippen molar-refractivity contribution < 1.29 is 0 Å². The fraction of sp³-hybridized carbons (Fsp3) is 0.400. The van der Waals surface area contributed by atoms with Crippen LogP contribution in [0.4, 0.5) is 0 Å². The molecule has 0 fully saturated rings. The second-order valence-corrected chi connectivity index (χ2v) is 14.5. The average molecular weight is 591 g/mol. The lowest BCUT2D eigenvalue weighted by atomic mass is 9.99. The summed E-state index contributed by atoms with van der Waals surface area (Å²) in [5.41, 5.74) is 2.98. The maximum Gasteiger partial charge on any atom is 0.0455 e. The van der Waals surface area contributed by atoms with Gasteiger partial charge in [-0.1, -0.05) is 127 Å². The van der Waals surface area contributed by atoms with Crippen molar-refractivity contribution >= 4 is 64.4 Å². The lowest BCUT2D eigenvalue weighted by molar-refractivity contribution is 0.607. The molecule has 0 N–H and O–H groups in total. The third kappa shape index (κ3) is 6.76. The van der Waals surface area contributed by atoms with Gasteiger partial charge in [-0.3, -0.25) is 0 Å². The van der Waals surface area contributed by atoms with E-state index >= 15 is 0 Å². The van der Waals surface area contributed by atoms with Crippen molar-refractivity contribution in [1.82, 2.24) is 0 Å². The summed E-state index contributed by atoms with van der Waals surface area (Å²) in [6.07, 6.45) is 18.6. The van der Waals surface area contributed by atoms with E-state index in [0.29, 0.717) is 0 Å². The Balaban J connectivity index is 1.24. The second-order valence-electron chi connectivity index (χ2n) is 12.3. The summed E-state index contributed by atoms with van der Waals surface area (Å²) in [6, 6.07) is 28.6. The molecular weight excluding hydrogens is 545 g/mol. The molecule has 0 unspecified atom stereocenters. The first-order valence-electron chi connectivity index (χ1n) is 16.6. The zero-order chi connectivity index (χ0) is 28.7. The summed E-state index contributed by atoms with van der Waals surface area (Å²) in [5.74, 6) is 0. The van der Waals surface area contributed by atoms with E-state index in [1.165, 1.54) is 152 Å². The van der Waals surface area contributed by atoms with Crippen molar-refractivity contribution in [2.45, 2.75) is 104 Å². The summed E-state index contributed by atoms with van der Waals surface area (Å²) in [4.78, 5) is 2.80. The highest BCUT2D eigenvalue weighted by molar-refractivity contribution is 7.28. The number of rotatable bonds is 15. The monoisotopic (exact) mass is 590 g/mol. The zero-order valence-corrected chi connectivity index (χ0v) is 27.3. The minimum atomic E-state index is 1.19. The van der Waals surface area contributed by atoms with Crippen LogP contribution < -0.4 is 0 Å². The third-order valence-electron chi connectivity index (χ3n) is 9.05. The van der Waals surface area contributed by atoms with Crippen molar-refractivity contribution in [3.63, 3.8) is 0 Å². The Morgan fingerprint density at radius 1 is 0.405 bits per heavy atom. The molecule has 0 saturated carbocycles. The molecule has 0 atom stereocenters. The Morgan fingerprint density at radius 2 is 0.810 bits per heavy atom. The number of hydrogen-bond donors (Lipinski definition) is 0. The molecule has 6 aromatic rings. The van der Waals surface area contributed by atoms with Crippen LogP contribution in [-0.2, 0) is 12.8 Å². The van der Waals surface area contributed by atoms with E-state index in [0.717, 1.165) is 0 Å². The van der Waals surface area contributed by atoms with Crippen molar-refractivity contribution in [2.24, 2.45) is 0 Å². The van der Waals surface area contributed by atoms with Gasteiger partial charge in [-0.15, -0.1) is 22.7 Å². The highest BCUT2D eigenvalue weighted by atomic mass is 32.1. The van der Waals surface area contributed by atoms with Crippen molar-refractivity contribution in [2.75, 3.05) is 0 Å². The molecule has 0 aliphatic heterocycles. The first kappa shape index (κ1) is 29.4. The van der Waals surface area contributed by atoms with Gasteiger partial charge in [0.2, 0.25) is 0 Å². The average Bonchev–Trinajstić information content (AvgIpc) is 3.66. The van der Waals surface area contributed by atoms with E-state index in [9.17, 15) is 0 Å². The van der Waals surface area contributed by atoms with Crippen LogP contribution in [0.2, 0.25) is 0 Å². The smallest absolute Gasteiger partial charge is 0.0455 e. The van der Waals surface area contributed by atoms with E-state index in [1.807, 2.05) is 22.7 Å². The summed E-state index contributed by atoms with van der Waals surface area (Å²) in [7, 11) is 0. The molecule has 0 aliphatic carbocycles. The van der Waals surface area contributed by atoms with Crippen LogP contribution in [0.25, 0.3) is 51.5 Å². The van der Waals surface area contributed by atoms with Crippen LogP contribution in [0, 0.1) is 0 Å². The molecule has 6 rings (SSSR count). The fourth-order valence-corrected chi connectivity index (χ4v) is 8.77. The summed E-state index contributed by atoms with van der Waals surface area (Å²) < 4.78 is 2.80. The molecule has 0 nitrogen and oxygen atoms in total. The summed E-state index contributed by atoms with van der Waals surface area (Å²) in [5, 5.41) is 8.40. The van der Waals surface area contributed by atoms with Gasteiger partial charge >= 0.3 is 0 Å². The quantitative estimate of drug-likeness (QED) is 0.104. The lowest BCUT2D eigenvalue weighted by Gasteiger charge is -2.05. The molecule has 0 amide bonds. The van der Waals surface area contributed by atoms with Gasteiger partial charge in [0.25, 0.3) is 0 Å². The Labute approximate surface area is 260 Å². The highest BCUT2D eigenvalue weighted by Crippen LogP contribution is 2.43. The van der Waals surface area contributed by atoms with Crippen LogP contribution in [-0.4, -0.2) is 0 Å². The van der Waals surface area contributed by atoms with Crippen LogP contribution in [0.1, 0.15) is 102 Å². The maximum atomic E-state index is 2.48. The van der Waals surface area contributed by atoms with Crippen molar-refractivity contribution in [3.05, 3.63) is 83.9 Å². The summed E-state index contributed by atoms with van der Waals surface area (Å²) >= 11 is 3.91. The van der Waals surface area contributed by atoms with E-state index in [-0.39, 0.29) is 0 Å². The van der Waals surface area contributed by atoms with Gasteiger partial charge in [0.1, 0.15) is 0 Å². The van der Waals surface area contributed by atoms with Crippen LogP contribution >= 0.6 is 22.7 Å². The van der Waals surface area contributed by atoms with Crippen LogP contribution in [0.15, 0.2) is 72.8 Å². The SMILES string of the molecule is CCCCCCCCc1ccc2ccc3sc(-c4cc5c(ccc6ccc(CCCCCCCC)cc65)s4)cc3c2c1. The van der Waals surface area contributed by atoms with E-state index in [4.69, 9.17) is 0 Å². The van der Waals surface area contributed by atoms with Gasteiger partial charge in [-0.05, 0) is 82.6 Å². The molecule has 2 aromatic heterocycles. The normalized spacial score (nSPS) is 12.0.